The van der Waals surface area contributed by atoms with Crippen LogP contribution >= 0.6 is 0 Å². The van der Waals surface area contributed by atoms with Crippen LogP contribution in [-0.4, -0.2) is 34.9 Å². The SMILES string of the molecule is O=C(Nc1cc(F)c(F)c(F)c1)NC(CCO)C(=O)O. The van der Waals surface area contributed by atoms with E-state index in [4.69, 9.17) is 10.2 Å². The van der Waals surface area contributed by atoms with Gasteiger partial charge >= 0.3 is 12.0 Å². The maximum Gasteiger partial charge on any atom is 0.326 e. The van der Waals surface area contributed by atoms with Gasteiger partial charge in [0, 0.05) is 30.8 Å². The number of carbonyl (C=O) groups is 2. The minimum absolute atomic E-state index is 0.241. The maximum atomic E-state index is 12.9. The third-order valence-electron chi connectivity index (χ3n) is 2.26. The van der Waals surface area contributed by atoms with Crippen LogP contribution in [0.5, 0.6) is 0 Å². The number of carboxylic acid groups (broad SMARTS) is 1. The molecule has 0 aliphatic heterocycles. The van der Waals surface area contributed by atoms with E-state index in [9.17, 15) is 22.8 Å². The van der Waals surface area contributed by atoms with Crippen molar-refractivity contribution in [3.63, 3.8) is 0 Å². The normalized spacial score (nSPS) is 11.8. The van der Waals surface area contributed by atoms with Gasteiger partial charge in [0.15, 0.2) is 17.5 Å². The number of nitrogens with one attached hydrogen (secondary N) is 2. The number of rotatable bonds is 5. The van der Waals surface area contributed by atoms with E-state index in [1.807, 2.05) is 10.6 Å². The summed E-state index contributed by atoms with van der Waals surface area (Å²) < 4.78 is 38.5. The number of urea groups is 1. The fourth-order valence-corrected chi connectivity index (χ4v) is 1.34. The highest BCUT2D eigenvalue weighted by Crippen LogP contribution is 2.17. The van der Waals surface area contributed by atoms with E-state index in [1.54, 1.807) is 0 Å². The lowest BCUT2D eigenvalue weighted by Crippen LogP contribution is -2.43. The number of anilines is 1. The summed E-state index contributed by atoms with van der Waals surface area (Å²) in [6.07, 6.45) is -0.241. The molecule has 0 aliphatic rings. The average molecular weight is 292 g/mol. The Morgan fingerprint density at radius 2 is 1.75 bits per heavy atom. The van der Waals surface area contributed by atoms with Crippen LogP contribution in [0.2, 0.25) is 0 Å². The van der Waals surface area contributed by atoms with Crippen LogP contribution in [0.15, 0.2) is 12.1 Å². The molecule has 1 aromatic carbocycles. The smallest absolute Gasteiger partial charge is 0.326 e. The Bertz CT molecular complexity index is 501. The van der Waals surface area contributed by atoms with E-state index in [0.717, 1.165) is 0 Å². The molecule has 9 heteroatoms. The van der Waals surface area contributed by atoms with Crippen molar-refractivity contribution in [1.29, 1.82) is 0 Å². The number of hydrogen-bond acceptors (Lipinski definition) is 3. The highest BCUT2D eigenvalue weighted by atomic mass is 19.2. The number of aliphatic hydroxyl groups is 1. The lowest BCUT2D eigenvalue weighted by Gasteiger charge is -2.14. The lowest BCUT2D eigenvalue weighted by molar-refractivity contribution is -0.139. The van der Waals surface area contributed by atoms with Gasteiger partial charge in [-0.15, -0.1) is 0 Å². The van der Waals surface area contributed by atoms with Gasteiger partial charge in [0.1, 0.15) is 6.04 Å². The summed E-state index contributed by atoms with van der Waals surface area (Å²) in [6, 6.07) is -1.34. The number of carboxylic acids is 1. The van der Waals surface area contributed by atoms with Gasteiger partial charge in [0.25, 0.3) is 0 Å². The molecule has 0 heterocycles. The Kier molecular flexibility index (Phi) is 5.32. The van der Waals surface area contributed by atoms with Crippen LogP contribution in [0.4, 0.5) is 23.7 Å². The highest BCUT2D eigenvalue weighted by Gasteiger charge is 2.19. The van der Waals surface area contributed by atoms with E-state index in [0.29, 0.717) is 12.1 Å². The fraction of sp³-hybridized carbons (Fsp3) is 0.273. The first-order valence-electron chi connectivity index (χ1n) is 5.41. The second kappa shape index (κ2) is 6.75. The van der Waals surface area contributed by atoms with Crippen molar-refractivity contribution >= 4 is 17.7 Å². The molecule has 1 unspecified atom stereocenters. The zero-order valence-electron chi connectivity index (χ0n) is 9.99. The first-order chi connectivity index (χ1) is 9.35. The Hall–Kier alpha value is -2.29. The Balaban J connectivity index is 2.73. The van der Waals surface area contributed by atoms with Crippen LogP contribution in [0, 0.1) is 17.5 Å². The second-order valence-corrected chi connectivity index (χ2v) is 3.76. The summed E-state index contributed by atoms with van der Waals surface area (Å²) in [5.41, 5.74) is -0.382. The monoisotopic (exact) mass is 292 g/mol. The average Bonchev–Trinajstić information content (AvgIpc) is 2.35. The summed E-state index contributed by atoms with van der Waals surface area (Å²) >= 11 is 0. The minimum atomic E-state index is -1.68. The molecule has 4 N–H and O–H groups in total. The van der Waals surface area contributed by atoms with Gasteiger partial charge in [-0.25, -0.2) is 22.8 Å². The predicted molar refractivity (Wildman–Crippen MR) is 61.6 cm³/mol. The van der Waals surface area contributed by atoms with E-state index in [-0.39, 0.29) is 12.1 Å². The molecule has 2 amide bonds. The van der Waals surface area contributed by atoms with Crippen LogP contribution in [0.3, 0.4) is 0 Å². The minimum Gasteiger partial charge on any atom is -0.480 e. The van der Waals surface area contributed by atoms with E-state index < -0.39 is 42.1 Å². The molecule has 0 saturated carbocycles. The summed E-state index contributed by atoms with van der Waals surface area (Å²) in [5, 5.41) is 21.3. The van der Waals surface area contributed by atoms with Gasteiger partial charge in [0.05, 0.1) is 0 Å². The third kappa shape index (κ3) is 4.12. The van der Waals surface area contributed by atoms with Crippen LogP contribution in [0.25, 0.3) is 0 Å². The molecule has 0 bridgehead atoms. The molecule has 110 valence electrons. The molecule has 0 radical (unpaired) electrons. The molecule has 0 spiro atoms. The van der Waals surface area contributed by atoms with Crippen LogP contribution < -0.4 is 10.6 Å². The van der Waals surface area contributed by atoms with Gasteiger partial charge < -0.3 is 20.8 Å². The highest BCUT2D eigenvalue weighted by molar-refractivity contribution is 5.92. The number of benzene rings is 1. The van der Waals surface area contributed by atoms with Gasteiger partial charge in [0.2, 0.25) is 0 Å². The van der Waals surface area contributed by atoms with Crippen molar-refractivity contribution in [3.05, 3.63) is 29.6 Å². The van der Waals surface area contributed by atoms with Gasteiger partial charge in [-0.05, 0) is 0 Å². The quantitative estimate of drug-likeness (QED) is 0.610. The largest absolute Gasteiger partial charge is 0.480 e. The zero-order valence-corrected chi connectivity index (χ0v) is 9.99. The zero-order chi connectivity index (χ0) is 15.3. The Labute approximate surface area is 111 Å². The molecule has 1 rings (SSSR count). The van der Waals surface area contributed by atoms with Gasteiger partial charge in [-0.3, -0.25) is 0 Å². The van der Waals surface area contributed by atoms with Crippen molar-refractivity contribution in [2.75, 3.05) is 11.9 Å². The molecular weight excluding hydrogens is 281 g/mol. The molecule has 20 heavy (non-hydrogen) atoms. The van der Waals surface area contributed by atoms with E-state index >= 15 is 0 Å². The fourth-order valence-electron chi connectivity index (χ4n) is 1.34. The topological polar surface area (TPSA) is 98.7 Å². The van der Waals surface area contributed by atoms with Crippen LogP contribution in [0.1, 0.15) is 6.42 Å². The predicted octanol–water partition coefficient (Wildman–Crippen LogP) is 1.06. The van der Waals surface area contributed by atoms with Crippen molar-refractivity contribution < 1.29 is 33.0 Å². The molecule has 0 saturated heterocycles. The number of halogens is 3. The first-order valence-corrected chi connectivity index (χ1v) is 5.41. The van der Waals surface area contributed by atoms with Crippen molar-refractivity contribution in [3.8, 4) is 0 Å². The number of carbonyl (C=O) groups excluding carboxylic acids is 1. The molecule has 1 atom stereocenters. The van der Waals surface area contributed by atoms with Crippen LogP contribution in [-0.2, 0) is 4.79 Å². The van der Waals surface area contributed by atoms with E-state index in [2.05, 4.69) is 0 Å². The van der Waals surface area contributed by atoms with Gasteiger partial charge in [-0.2, -0.15) is 0 Å². The molecule has 0 aliphatic carbocycles. The second-order valence-electron chi connectivity index (χ2n) is 3.76. The summed E-state index contributed by atoms with van der Waals surface area (Å²) in [7, 11) is 0. The number of aliphatic carboxylic acids is 1. The first kappa shape index (κ1) is 15.8. The third-order valence-corrected chi connectivity index (χ3v) is 2.26. The summed E-state index contributed by atoms with van der Waals surface area (Å²) in [5.74, 6) is -6.05. The van der Waals surface area contributed by atoms with Crippen molar-refractivity contribution in [2.24, 2.45) is 0 Å². The van der Waals surface area contributed by atoms with E-state index in [1.165, 1.54) is 0 Å². The Morgan fingerprint density at radius 1 is 1.20 bits per heavy atom. The number of aliphatic hydroxyl groups excluding tert-OH is 1. The summed E-state index contributed by atoms with van der Waals surface area (Å²) in [4.78, 5) is 22.1. The molecule has 0 fully saturated rings. The van der Waals surface area contributed by atoms with Crippen molar-refractivity contribution in [1.82, 2.24) is 5.32 Å². The molecule has 0 aromatic heterocycles. The Morgan fingerprint density at radius 3 is 2.20 bits per heavy atom. The van der Waals surface area contributed by atoms with Crippen molar-refractivity contribution in [2.45, 2.75) is 12.5 Å². The standard InChI is InChI=1S/C11H11F3N2O4/c12-6-3-5(4-7(13)9(6)14)15-11(20)16-8(1-2-17)10(18)19/h3-4,8,17H,1-2H2,(H,18,19)(H2,15,16,20). The summed E-state index contributed by atoms with van der Waals surface area (Å²) in [6.45, 7) is -0.475. The molecule has 6 nitrogen and oxygen atoms in total. The molecule has 1 aromatic rings. The maximum absolute atomic E-state index is 12.9. The number of amides is 2. The van der Waals surface area contributed by atoms with Gasteiger partial charge in [-0.1, -0.05) is 0 Å². The lowest BCUT2D eigenvalue weighted by atomic mass is 10.2. The number of hydrogen-bond donors (Lipinski definition) is 4. The molecular formula is C11H11F3N2O4.